The maximum Gasteiger partial charge on any atom is 0.269 e. The van der Waals surface area contributed by atoms with Crippen molar-refractivity contribution in [2.75, 3.05) is 26.1 Å². The van der Waals surface area contributed by atoms with Crippen LogP contribution in [0.25, 0.3) is 17.3 Å². The van der Waals surface area contributed by atoms with Crippen LogP contribution in [0.2, 0.25) is 0 Å². The minimum absolute atomic E-state index is 0.0845. The lowest BCUT2D eigenvalue weighted by molar-refractivity contribution is -0.162. The Bertz CT molecular complexity index is 966. The molecular weight excluding hydrogens is 406 g/mol. The first-order valence-corrected chi connectivity index (χ1v) is 11.1. The Hall–Kier alpha value is -2.97. The number of carbonyl (C=O) groups excluding carboxylic acids is 1. The van der Waals surface area contributed by atoms with Gasteiger partial charge < -0.3 is 15.3 Å². The molecule has 2 aliphatic heterocycles. The summed E-state index contributed by atoms with van der Waals surface area (Å²) in [5.41, 5.74) is 1.90. The molecule has 1 aromatic carbocycles. The smallest absolute Gasteiger partial charge is 0.269 e. The third-order valence-electron chi connectivity index (χ3n) is 6.55. The summed E-state index contributed by atoms with van der Waals surface area (Å²) in [6, 6.07) is 10.7. The van der Waals surface area contributed by atoms with E-state index in [-0.39, 0.29) is 11.7 Å². The number of anilines is 1. The van der Waals surface area contributed by atoms with Gasteiger partial charge in [0.2, 0.25) is 0 Å². The lowest BCUT2D eigenvalue weighted by Crippen LogP contribution is -2.54. The van der Waals surface area contributed by atoms with E-state index in [2.05, 4.69) is 27.5 Å². The summed E-state index contributed by atoms with van der Waals surface area (Å²) in [6.07, 6.45) is 9.12. The predicted octanol–water partition coefficient (Wildman–Crippen LogP) is 2.99. The van der Waals surface area contributed by atoms with E-state index < -0.39 is 0 Å². The number of aromatic nitrogens is 2. The van der Waals surface area contributed by atoms with Gasteiger partial charge in [0.05, 0.1) is 12.8 Å². The Morgan fingerprint density at radius 2 is 1.91 bits per heavy atom. The van der Waals surface area contributed by atoms with Crippen LogP contribution in [0.15, 0.2) is 36.4 Å². The van der Waals surface area contributed by atoms with E-state index in [9.17, 15) is 9.90 Å². The number of rotatable bonds is 6. The van der Waals surface area contributed by atoms with Gasteiger partial charge in [-0.1, -0.05) is 12.5 Å². The number of phenolic OH excluding ortho intramolecular Hbond substituents is 1. The largest absolute Gasteiger partial charge is 0.507 e. The molecule has 2 aliphatic rings. The van der Waals surface area contributed by atoms with Crippen molar-refractivity contribution in [3.05, 3.63) is 42.0 Å². The van der Waals surface area contributed by atoms with Gasteiger partial charge in [-0.25, -0.2) is 5.06 Å². The molecule has 0 spiro atoms. The van der Waals surface area contributed by atoms with Crippen molar-refractivity contribution in [1.29, 1.82) is 0 Å². The SMILES string of the molecule is CON(C)C(=O)/C=C/c1ccc(-c2ccc(N(C)C3C[C@H]4CCC[C@@H](C3)N4)nn2)c(O)c1. The molecule has 3 atom stereocenters. The molecule has 2 N–H and O–H groups in total. The lowest BCUT2D eigenvalue weighted by Gasteiger charge is -2.43. The van der Waals surface area contributed by atoms with Crippen LogP contribution in [0.1, 0.15) is 37.7 Å². The molecule has 1 amide bonds. The van der Waals surface area contributed by atoms with Crippen LogP contribution < -0.4 is 10.2 Å². The Labute approximate surface area is 188 Å². The average molecular weight is 438 g/mol. The van der Waals surface area contributed by atoms with Crippen molar-refractivity contribution in [3.8, 4) is 17.0 Å². The van der Waals surface area contributed by atoms with Crippen LogP contribution in [0.4, 0.5) is 5.82 Å². The monoisotopic (exact) mass is 437 g/mol. The van der Waals surface area contributed by atoms with Gasteiger partial charge in [0.1, 0.15) is 5.75 Å². The fourth-order valence-corrected chi connectivity index (χ4v) is 4.63. The van der Waals surface area contributed by atoms with Crippen LogP contribution in [0.3, 0.4) is 0 Å². The van der Waals surface area contributed by atoms with Crippen LogP contribution in [0.5, 0.6) is 5.75 Å². The summed E-state index contributed by atoms with van der Waals surface area (Å²) in [6.45, 7) is 0. The Balaban J connectivity index is 1.44. The number of carbonyl (C=O) groups is 1. The van der Waals surface area contributed by atoms with Gasteiger partial charge in [0.15, 0.2) is 5.82 Å². The van der Waals surface area contributed by atoms with Gasteiger partial charge in [0.25, 0.3) is 5.91 Å². The zero-order valence-electron chi connectivity index (χ0n) is 18.9. The molecule has 4 rings (SSSR count). The Morgan fingerprint density at radius 1 is 1.16 bits per heavy atom. The highest BCUT2D eigenvalue weighted by molar-refractivity contribution is 5.91. The van der Waals surface area contributed by atoms with E-state index in [4.69, 9.17) is 4.84 Å². The van der Waals surface area contributed by atoms with Gasteiger partial charge in [-0.05, 0) is 61.6 Å². The highest BCUT2D eigenvalue weighted by atomic mass is 16.7. The zero-order chi connectivity index (χ0) is 22.7. The number of benzene rings is 1. The molecule has 170 valence electrons. The normalized spacial score (nSPS) is 22.7. The number of fused-ring (bicyclic) bond motifs is 2. The van der Waals surface area contributed by atoms with Gasteiger partial charge in [-0.2, -0.15) is 0 Å². The molecule has 8 heteroatoms. The average Bonchev–Trinajstić information content (AvgIpc) is 2.81. The number of amides is 1. The zero-order valence-corrected chi connectivity index (χ0v) is 18.9. The molecule has 0 aliphatic carbocycles. The van der Waals surface area contributed by atoms with Crippen molar-refractivity contribution in [1.82, 2.24) is 20.6 Å². The van der Waals surface area contributed by atoms with Crippen LogP contribution in [-0.4, -0.2) is 65.6 Å². The van der Waals surface area contributed by atoms with Gasteiger partial charge in [-0.15, -0.1) is 10.2 Å². The fraction of sp³-hybridized carbons (Fsp3) is 0.458. The minimum Gasteiger partial charge on any atom is -0.507 e. The van der Waals surface area contributed by atoms with Crippen molar-refractivity contribution >= 4 is 17.8 Å². The molecule has 8 nitrogen and oxygen atoms in total. The molecule has 0 radical (unpaired) electrons. The summed E-state index contributed by atoms with van der Waals surface area (Å²) >= 11 is 0. The third kappa shape index (κ3) is 4.92. The highest BCUT2D eigenvalue weighted by Crippen LogP contribution is 2.32. The number of hydrogen-bond acceptors (Lipinski definition) is 7. The number of piperidine rings is 2. The molecule has 2 saturated heterocycles. The van der Waals surface area contributed by atoms with E-state index in [0.717, 1.165) is 23.7 Å². The van der Waals surface area contributed by atoms with Crippen molar-refractivity contribution in [2.24, 2.45) is 0 Å². The molecule has 2 bridgehead atoms. The van der Waals surface area contributed by atoms with Gasteiger partial charge >= 0.3 is 0 Å². The molecule has 32 heavy (non-hydrogen) atoms. The first-order valence-electron chi connectivity index (χ1n) is 11.1. The molecule has 2 aromatic rings. The van der Waals surface area contributed by atoms with Gasteiger partial charge in [-0.3, -0.25) is 9.63 Å². The van der Waals surface area contributed by atoms with E-state index in [1.165, 1.54) is 39.5 Å². The molecule has 1 unspecified atom stereocenters. The van der Waals surface area contributed by atoms with Crippen LogP contribution in [-0.2, 0) is 9.63 Å². The second kappa shape index (κ2) is 9.67. The standard InChI is InChI=1S/C24H31N5O3/c1-28(19-14-17-5-4-6-18(15-19)25-17)23-11-10-21(26-27-23)20-9-7-16(13-22(20)30)8-12-24(31)29(2)32-3/h7-13,17-19,25,30H,4-6,14-15H2,1-3H3/b12-8+/t17-,18+,19?. The van der Waals surface area contributed by atoms with E-state index in [1.807, 2.05) is 18.2 Å². The maximum absolute atomic E-state index is 11.8. The number of hydroxylamine groups is 2. The Morgan fingerprint density at radius 3 is 2.53 bits per heavy atom. The molecular formula is C24H31N5O3. The van der Waals surface area contributed by atoms with Crippen molar-refractivity contribution < 1.29 is 14.7 Å². The summed E-state index contributed by atoms with van der Waals surface area (Å²) in [7, 11) is 5.05. The van der Waals surface area contributed by atoms with E-state index in [1.54, 1.807) is 18.2 Å². The topological polar surface area (TPSA) is 90.8 Å². The number of phenols is 1. The first kappa shape index (κ1) is 22.2. The van der Waals surface area contributed by atoms with E-state index >= 15 is 0 Å². The second-order valence-corrected chi connectivity index (χ2v) is 8.63. The number of nitrogens with one attached hydrogen (secondary N) is 1. The molecule has 3 heterocycles. The summed E-state index contributed by atoms with van der Waals surface area (Å²) in [5.74, 6) is 0.638. The third-order valence-corrected chi connectivity index (χ3v) is 6.55. The molecule has 0 saturated carbocycles. The number of nitrogens with zero attached hydrogens (tertiary/aromatic N) is 4. The Kier molecular flexibility index (Phi) is 6.72. The highest BCUT2D eigenvalue weighted by Gasteiger charge is 2.33. The molecule has 2 fully saturated rings. The fourth-order valence-electron chi connectivity index (χ4n) is 4.63. The van der Waals surface area contributed by atoms with E-state index in [0.29, 0.717) is 34.9 Å². The van der Waals surface area contributed by atoms with Crippen molar-refractivity contribution in [3.63, 3.8) is 0 Å². The predicted molar refractivity (Wildman–Crippen MR) is 124 cm³/mol. The second-order valence-electron chi connectivity index (χ2n) is 8.63. The first-order chi connectivity index (χ1) is 15.4. The van der Waals surface area contributed by atoms with Gasteiger partial charge in [0, 0.05) is 43.9 Å². The number of hydrogen-bond donors (Lipinski definition) is 2. The number of likely N-dealkylation sites (N-methyl/N-ethyl adjacent to an activating group) is 1. The van der Waals surface area contributed by atoms with Crippen LogP contribution >= 0.6 is 0 Å². The maximum atomic E-state index is 11.8. The quantitative estimate of drug-likeness (QED) is 0.530. The summed E-state index contributed by atoms with van der Waals surface area (Å²) < 4.78 is 0. The summed E-state index contributed by atoms with van der Waals surface area (Å²) in [4.78, 5) is 18.9. The van der Waals surface area contributed by atoms with Crippen LogP contribution in [0, 0.1) is 0 Å². The van der Waals surface area contributed by atoms with Crippen molar-refractivity contribution in [2.45, 2.75) is 50.2 Å². The lowest BCUT2D eigenvalue weighted by atomic mass is 9.83. The minimum atomic E-state index is -0.293. The number of aromatic hydroxyl groups is 1. The molecule has 1 aromatic heterocycles. The summed E-state index contributed by atoms with van der Waals surface area (Å²) in [5, 5.41) is 24.2.